The van der Waals surface area contributed by atoms with E-state index in [1.165, 1.54) is 6.42 Å². The first-order chi connectivity index (χ1) is 9.87. The van der Waals surface area contributed by atoms with E-state index in [-0.39, 0.29) is 6.10 Å². The molecule has 5 heteroatoms. The van der Waals surface area contributed by atoms with Crippen LogP contribution in [0.2, 0.25) is 0 Å². The highest BCUT2D eigenvalue weighted by Gasteiger charge is 2.21. The summed E-state index contributed by atoms with van der Waals surface area (Å²) in [6.07, 6.45) is 3.60. The summed E-state index contributed by atoms with van der Waals surface area (Å²) in [6, 6.07) is 4.99. The Labute approximate surface area is 124 Å². The van der Waals surface area contributed by atoms with Gasteiger partial charge in [0.25, 0.3) is 0 Å². The van der Waals surface area contributed by atoms with E-state index in [0.717, 1.165) is 19.1 Å². The summed E-state index contributed by atoms with van der Waals surface area (Å²) >= 11 is 0. The van der Waals surface area contributed by atoms with Crippen molar-refractivity contribution in [1.29, 1.82) is 0 Å². The molecule has 0 saturated heterocycles. The molecule has 0 heterocycles. The third-order valence-corrected chi connectivity index (χ3v) is 3.13. The number of rotatable bonds is 4. The number of anilines is 1. The van der Waals surface area contributed by atoms with Gasteiger partial charge in [0.2, 0.25) is 0 Å². The van der Waals surface area contributed by atoms with Gasteiger partial charge in [-0.1, -0.05) is 0 Å². The molecule has 0 spiro atoms. The molecule has 114 valence electrons. The summed E-state index contributed by atoms with van der Waals surface area (Å²) in [4.78, 5) is 22.9. The Morgan fingerprint density at radius 2 is 2.05 bits per heavy atom. The zero-order valence-corrected chi connectivity index (χ0v) is 12.6. The van der Waals surface area contributed by atoms with Crippen molar-refractivity contribution < 1.29 is 19.1 Å². The lowest BCUT2D eigenvalue weighted by molar-refractivity contribution is 0.0635. The average Bonchev–Trinajstić information content (AvgIpc) is 2.32. The average molecular weight is 291 g/mol. The van der Waals surface area contributed by atoms with Crippen LogP contribution in [-0.4, -0.2) is 24.1 Å². The van der Waals surface area contributed by atoms with E-state index in [2.05, 4.69) is 5.32 Å². The molecule has 0 aliphatic heterocycles. The topological polar surface area (TPSA) is 64.6 Å². The number of benzene rings is 1. The van der Waals surface area contributed by atoms with Crippen LogP contribution in [0, 0.1) is 0 Å². The molecule has 0 aromatic heterocycles. The third-order valence-electron chi connectivity index (χ3n) is 3.13. The van der Waals surface area contributed by atoms with Gasteiger partial charge in [-0.25, -0.2) is 4.79 Å². The quantitative estimate of drug-likeness (QED) is 0.857. The van der Waals surface area contributed by atoms with Gasteiger partial charge in [-0.3, -0.25) is 10.1 Å². The smallest absolute Gasteiger partial charge is 0.412 e. The molecule has 1 aromatic carbocycles. The zero-order chi connectivity index (χ0) is 15.5. The molecule has 0 atom stereocenters. The van der Waals surface area contributed by atoms with Crippen LogP contribution in [0.5, 0.6) is 5.75 Å². The number of carbonyl (C=O) groups is 2. The SMILES string of the molecule is CC(C)(C)OC(=O)Nc1ccc(OC2CCC2)c(C=O)c1. The molecule has 1 aliphatic carbocycles. The fourth-order valence-corrected chi connectivity index (χ4v) is 1.92. The van der Waals surface area contributed by atoms with E-state index in [1.54, 1.807) is 39.0 Å². The Morgan fingerprint density at radius 3 is 2.57 bits per heavy atom. The molecule has 1 aliphatic rings. The number of amides is 1. The molecule has 5 nitrogen and oxygen atoms in total. The number of ether oxygens (including phenoxy) is 2. The van der Waals surface area contributed by atoms with Crippen LogP contribution in [0.25, 0.3) is 0 Å². The van der Waals surface area contributed by atoms with Crippen LogP contribution in [0.4, 0.5) is 10.5 Å². The molecular weight excluding hydrogens is 270 g/mol. The first kappa shape index (κ1) is 15.4. The fraction of sp³-hybridized carbons (Fsp3) is 0.500. The first-order valence-electron chi connectivity index (χ1n) is 7.13. The highest BCUT2D eigenvalue weighted by atomic mass is 16.6. The van der Waals surface area contributed by atoms with Gasteiger partial charge < -0.3 is 9.47 Å². The minimum atomic E-state index is -0.565. The van der Waals surface area contributed by atoms with Gasteiger partial charge in [0.05, 0.1) is 11.7 Å². The summed E-state index contributed by atoms with van der Waals surface area (Å²) < 4.78 is 10.9. The van der Waals surface area contributed by atoms with Crippen molar-refractivity contribution in [2.75, 3.05) is 5.32 Å². The minimum Gasteiger partial charge on any atom is -0.490 e. The number of nitrogens with one attached hydrogen (secondary N) is 1. The van der Waals surface area contributed by atoms with Gasteiger partial charge >= 0.3 is 6.09 Å². The summed E-state index contributed by atoms with van der Waals surface area (Å²) in [5.74, 6) is 0.560. The van der Waals surface area contributed by atoms with Gasteiger partial charge in [0.15, 0.2) is 6.29 Å². The van der Waals surface area contributed by atoms with Crippen LogP contribution in [0.15, 0.2) is 18.2 Å². The Morgan fingerprint density at radius 1 is 1.33 bits per heavy atom. The van der Waals surface area contributed by atoms with Gasteiger partial charge in [0, 0.05) is 5.69 Å². The highest BCUT2D eigenvalue weighted by Crippen LogP contribution is 2.28. The predicted octanol–water partition coefficient (Wildman–Crippen LogP) is 3.78. The number of aldehydes is 1. The molecule has 0 radical (unpaired) electrons. The molecular formula is C16H21NO4. The number of hydrogen-bond donors (Lipinski definition) is 1. The first-order valence-corrected chi connectivity index (χ1v) is 7.13. The molecule has 1 saturated carbocycles. The summed E-state index contributed by atoms with van der Waals surface area (Å²) in [5, 5.41) is 2.61. The lowest BCUT2D eigenvalue weighted by atomic mass is 9.96. The van der Waals surface area contributed by atoms with Crippen molar-refractivity contribution in [3.05, 3.63) is 23.8 Å². The van der Waals surface area contributed by atoms with Crippen molar-refractivity contribution in [2.45, 2.75) is 51.7 Å². The molecule has 0 unspecified atom stereocenters. The van der Waals surface area contributed by atoms with Gasteiger partial charge in [-0.15, -0.1) is 0 Å². The van der Waals surface area contributed by atoms with Gasteiger partial charge in [-0.05, 0) is 58.2 Å². The van der Waals surface area contributed by atoms with Crippen molar-refractivity contribution in [3.63, 3.8) is 0 Å². The van der Waals surface area contributed by atoms with Crippen LogP contribution in [0.1, 0.15) is 50.4 Å². The largest absolute Gasteiger partial charge is 0.490 e. The van der Waals surface area contributed by atoms with Crippen molar-refractivity contribution in [3.8, 4) is 5.75 Å². The molecule has 21 heavy (non-hydrogen) atoms. The molecule has 1 fully saturated rings. The van der Waals surface area contributed by atoms with E-state index in [1.807, 2.05) is 0 Å². The number of carbonyl (C=O) groups excluding carboxylic acids is 2. The van der Waals surface area contributed by atoms with Gasteiger partial charge in [0.1, 0.15) is 11.4 Å². The Hall–Kier alpha value is -2.04. The van der Waals surface area contributed by atoms with Crippen LogP contribution in [-0.2, 0) is 4.74 Å². The van der Waals surface area contributed by atoms with E-state index < -0.39 is 11.7 Å². The van der Waals surface area contributed by atoms with E-state index in [0.29, 0.717) is 17.0 Å². The van der Waals surface area contributed by atoms with Crippen LogP contribution in [0.3, 0.4) is 0 Å². The minimum absolute atomic E-state index is 0.202. The van der Waals surface area contributed by atoms with Crippen LogP contribution >= 0.6 is 0 Å². The zero-order valence-electron chi connectivity index (χ0n) is 12.6. The monoisotopic (exact) mass is 291 g/mol. The molecule has 0 bridgehead atoms. The standard InChI is InChI=1S/C16H21NO4/c1-16(2,3)21-15(19)17-12-7-8-14(11(9-12)10-18)20-13-5-4-6-13/h7-10,13H,4-6H2,1-3H3,(H,17,19). The summed E-state index contributed by atoms with van der Waals surface area (Å²) in [7, 11) is 0. The van der Waals surface area contributed by atoms with Crippen molar-refractivity contribution in [1.82, 2.24) is 0 Å². The maximum Gasteiger partial charge on any atom is 0.412 e. The van der Waals surface area contributed by atoms with Gasteiger partial charge in [-0.2, -0.15) is 0 Å². The Balaban J connectivity index is 2.04. The summed E-state index contributed by atoms with van der Waals surface area (Å²) in [5.41, 5.74) is 0.368. The van der Waals surface area contributed by atoms with E-state index in [4.69, 9.17) is 9.47 Å². The Bertz CT molecular complexity index is 530. The normalized spacial score (nSPS) is 15.0. The van der Waals surface area contributed by atoms with Crippen molar-refractivity contribution in [2.24, 2.45) is 0 Å². The highest BCUT2D eigenvalue weighted by molar-refractivity contribution is 5.88. The lowest BCUT2D eigenvalue weighted by Gasteiger charge is -2.27. The third kappa shape index (κ3) is 4.48. The Kier molecular flexibility index (Phi) is 4.50. The second-order valence-electron chi connectivity index (χ2n) is 6.17. The number of hydrogen-bond acceptors (Lipinski definition) is 4. The van der Waals surface area contributed by atoms with E-state index >= 15 is 0 Å². The maximum absolute atomic E-state index is 11.7. The molecule has 1 amide bonds. The fourth-order valence-electron chi connectivity index (χ4n) is 1.92. The molecule has 1 aromatic rings. The second-order valence-corrected chi connectivity index (χ2v) is 6.17. The predicted molar refractivity (Wildman–Crippen MR) is 80.0 cm³/mol. The second kappa shape index (κ2) is 6.16. The molecule has 1 N–H and O–H groups in total. The van der Waals surface area contributed by atoms with E-state index in [9.17, 15) is 9.59 Å². The molecule has 2 rings (SSSR count). The maximum atomic E-state index is 11.7. The lowest BCUT2D eigenvalue weighted by Crippen LogP contribution is -2.27. The van der Waals surface area contributed by atoms with Crippen LogP contribution < -0.4 is 10.1 Å². The summed E-state index contributed by atoms with van der Waals surface area (Å²) in [6.45, 7) is 5.37. The van der Waals surface area contributed by atoms with Crippen molar-refractivity contribution >= 4 is 18.1 Å².